The first-order valence-corrected chi connectivity index (χ1v) is 10.4. The van der Waals surface area contributed by atoms with Crippen LogP contribution >= 0.6 is 11.3 Å². The monoisotopic (exact) mass is 391 g/mol. The molecule has 2 aromatic heterocycles. The minimum atomic E-state index is 0.317. The van der Waals surface area contributed by atoms with Gasteiger partial charge in [-0.05, 0) is 25.3 Å². The second-order valence-corrected chi connectivity index (χ2v) is 7.27. The number of guanidine groups is 1. The standard InChI is InChI=1S/C18H29N7OS/c1-3-19-18(21-13-17-23-22-14-24(17)4-2)20-12-15(16-6-5-11-27-16)25-7-9-26-10-8-25/h5-6,11,14-15H,3-4,7-10,12-13H2,1-2H3,(H2,19,20,21). The first-order valence-electron chi connectivity index (χ1n) is 9.55. The zero-order valence-electron chi connectivity index (χ0n) is 16.1. The normalized spacial score (nSPS) is 17.0. The Hall–Kier alpha value is -1.97. The SMILES string of the molecule is CCNC(=NCc1nncn1CC)NCC(c1cccs1)N1CCOCC1. The van der Waals surface area contributed by atoms with E-state index in [1.54, 1.807) is 17.7 Å². The lowest BCUT2D eigenvalue weighted by molar-refractivity contribution is 0.0177. The van der Waals surface area contributed by atoms with Crippen LogP contribution in [0.4, 0.5) is 0 Å². The quantitative estimate of drug-likeness (QED) is 0.524. The molecule has 0 aliphatic carbocycles. The van der Waals surface area contributed by atoms with Crippen LogP contribution in [0.15, 0.2) is 28.8 Å². The lowest BCUT2D eigenvalue weighted by atomic mass is 10.2. The van der Waals surface area contributed by atoms with Crippen molar-refractivity contribution < 1.29 is 4.74 Å². The van der Waals surface area contributed by atoms with E-state index in [0.29, 0.717) is 12.6 Å². The summed E-state index contributed by atoms with van der Waals surface area (Å²) in [5.74, 6) is 1.68. The molecule has 1 aliphatic rings. The zero-order valence-corrected chi connectivity index (χ0v) is 16.9. The van der Waals surface area contributed by atoms with Crippen LogP contribution in [0.5, 0.6) is 0 Å². The number of aromatic nitrogens is 3. The summed E-state index contributed by atoms with van der Waals surface area (Å²) in [6.07, 6.45) is 1.75. The molecule has 8 nitrogen and oxygen atoms in total. The maximum atomic E-state index is 5.52. The fourth-order valence-electron chi connectivity index (χ4n) is 3.13. The van der Waals surface area contributed by atoms with E-state index in [1.807, 2.05) is 4.57 Å². The van der Waals surface area contributed by atoms with E-state index in [2.05, 4.69) is 57.1 Å². The minimum absolute atomic E-state index is 0.317. The van der Waals surface area contributed by atoms with Gasteiger partial charge < -0.3 is 19.9 Å². The number of hydrogen-bond acceptors (Lipinski definition) is 6. The summed E-state index contributed by atoms with van der Waals surface area (Å²) in [6, 6.07) is 4.64. The van der Waals surface area contributed by atoms with Gasteiger partial charge in [0.1, 0.15) is 12.9 Å². The van der Waals surface area contributed by atoms with Crippen LogP contribution in [0.3, 0.4) is 0 Å². The fourth-order valence-corrected chi connectivity index (χ4v) is 3.99. The van der Waals surface area contributed by atoms with Gasteiger partial charge in [0.05, 0.1) is 19.3 Å². The molecule has 2 aromatic rings. The molecule has 0 spiro atoms. The van der Waals surface area contributed by atoms with Crippen molar-refractivity contribution in [2.45, 2.75) is 33.0 Å². The van der Waals surface area contributed by atoms with Crippen LogP contribution in [-0.2, 0) is 17.8 Å². The van der Waals surface area contributed by atoms with Crippen molar-refractivity contribution in [2.24, 2.45) is 4.99 Å². The Labute approximate surface area is 164 Å². The molecule has 27 heavy (non-hydrogen) atoms. The van der Waals surface area contributed by atoms with Gasteiger partial charge in [0.15, 0.2) is 11.8 Å². The minimum Gasteiger partial charge on any atom is -0.379 e. The van der Waals surface area contributed by atoms with Crippen molar-refractivity contribution in [1.82, 2.24) is 30.3 Å². The molecule has 0 saturated carbocycles. The van der Waals surface area contributed by atoms with Crippen LogP contribution in [0, 0.1) is 0 Å². The molecule has 2 N–H and O–H groups in total. The molecule has 0 aromatic carbocycles. The van der Waals surface area contributed by atoms with E-state index in [1.165, 1.54) is 4.88 Å². The van der Waals surface area contributed by atoms with Crippen molar-refractivity contribution >= 4 is 17.3 Å². The van der Waals surface area contributed by atoms with Crippen LogP contribution in [0.2, 0.25) is 0 Å². The molecule has 1 aliphatic heterocycles. The van der Waals surface area contributed by atoms with Crippen LogP contribution in [-0.4, -0.2) is 65.0 Å². The highest BCUT2D eigenvalue weighted by Gasteiger charge is 2.23. The van der Waals surface area contributed by atoms with Crippen LogP contribution < -0.4 is 10.6 Å². The van der Waals surface area contributed by atoms with E-state index >= 15 is 0 Å². The van der Waals surface area contributed by atoms with Gasteiger partial charge in [0, 0.05) is 37.6 Å². The van der Waals surface area contributed by atoms with Crippen molar-refractivity contribution in [3.63, 3.8) is 0 Å². The van der Waals surface area contributed by atoms with Gasteiger partial charge in [-0.3, -0.25) is 4.90 Å². The second-order valence-electron chi connectivity index (χ2n) is 6.29. The summed E-state index contributed by atoms with van der Waals surface area (Å²) in [7, 11) is 0. The summed E-state index contributed by atoms with van der Waals surface area (Å²) in [5.41, 5.74) is 0. The Morgan fingerprint density at radius 3 is 2.89 bits per heavy atom. The number of morpholine rings is 1. The highest BCUT2D eigenvalue weighted by molar-refractivity contribution is 7.10. The topological polar surface area (TPSA) is 79.6 Å². The number of nitrogens with one attached hydrogen (secondary N) is 2. The summed E-state index contributed by atoms with van der Waals surface area (Å²) in [6.45, 7) is 10.6. The molecule has 0 bridgehead atoms. The van der Waals surface area contributed by atoms with Crippen molar-refractivity contribution in [2.75, 3.05) is 39.4 Å². The Kier molecular flexibility index (Phi) is 7.61. The molecule has 1 unspecified atom stereocenters. The fraction of sp³-hybridized carbons (Fsp3) is 0.611. The molecule has 0 amide bonds. The molecule has 1 saturated heterocycles. The van der Waals surface area contributed by atoms with Crippen molar-refractivity contribution in [3.8, 4) is 0 Å². The van der Waals surface area contributed by atoms with Gasteiger partial charge in [-0.15, -0.1) is 21.5 Å². The Morgan fingerprint density at radius 1 is 1.33 bits per heavy atom. The number of hydrogen-bond donors (Lipinski definition) is 2. The number of thiophene rings is 1. The van der Waals surface area contributed by atoms with E-state index in [-0.39, 0.29) is 0 Å². The third-order valence-electron chi connectivity index (χ3n) is 4.58. The summed E-state index contributed by atoms with van der Waals surface area (Å²) >= 11 is 1.80. The molecule has 148 valence electrons. The third-order valence-corrected chi connectivity index (χ3v) is 5.55. The number of aliphatic imine (C=N–C) groups is 1. The Bertz CT molecular complexity index is 694. The highest BCUT2D eigenvalue weighted by atomic mass is 32.1. The molecular formula is C18H29N7OS. The Morgan fingerprint density at radius 2 is 2.19 bits per heavy atom. The lowest BCUT2D eigenvalue weighted by Gasteiger charge is -2.34. The average molecular weight is 392 g/mol. The molecule has 3 rings (SSSR count). The largest absolute Gasteiger partial charge is 0.379 e. The number of aryl methyl sites for hydroxylation is 1. The summed E-state index contributed by atoms with van der Waals surface area (Å²) in [5, 5.41) is 17.1. The lowest BCUT2D eigenvalue weighted by Crippen LogP contribution is -2.46. The van der Waals surface area contributed by atoms with E-state index in [9.17, 15) is 0 Å². The van der Waals surface area contributed by atoms with Gasteiger partial charge >= 0.3 is 0 Å². The molecule has 9 heteroatoms. The first kappa shape index (κ1) is 19.8. The van der Waals surface area contributed by atoms with Gasteiger partial charge in [0.25, 0.3) is 0 Å². The first-order chi connectivity index (χ1) is 13.3. The zero-order chi connectivity index (χ0) is 18.9. The third kappa shape index (κ3) is 5.50. The average Bonchev–Trinajstić information content (AvgIpc) is 3.39. The van der Waals surface area contributed by atoms with Crippen LogP contribution in [0.25, 0.3) is 0 Å². The molecule has 3 heterocycles. The van der Waals surface area contributed by atoms with Gasteiger partial charge in [0.2, 0.25) is 0 Å². The number of rotatable bonds is 8. The number of nitrogens with zero attached hydrogens (tertiary/aromatic N) is 5. The van der Waals surface area contributed by atoms with Crippen molar-refractivity contribution in [1.29, 1.82) is 0 Å². The van der Waals surface area contributed by atoms with E-state index < -0.39 is 0 Å². The summed E-state index contributed by atoms with van der Waals surface area (Å²) in [4.78, 5) is 8.55. The van der Waals surface area contributed by atoms with Crippen molar-refractivity contribution in [3.05, 3.63) is 34.5 Å². The van der Waals surface area contributed by atoms with Gasteiger partial charge in [-0.1, -0.05) is 6.07 Å². The maximum Gasteiger partial charge on any atom is 0.191 e. The smallest absolute Gasteiger partial charge is 0.191 e. The molecule has 1 fully saturated rings. The number of ether oxygens (including phenoxy) is 1. The Balaban J connectivity index is 1.65. The van der Waals surface area contributed by atoms with Gasteiger partial charge in [-0.25, -0.2) is 4.99 Å². The molecular weight excluding hydrogens is 362 g/mol. The van der Waals surface area contributed by atoms with Crippen LogP contribution in [0.1, 0.15) is 30.6 Å². The molecule has 1 atom stereocenters. The van der Waals surface area contributed by atoms with Gasteiger partial charge in [-0.2, -0.15) is 0 Å². The highest BCUT2D eigenvalue weighted by Crippen LogP contribution is 2.25. The van der Waals surface area contributed by atoms with E-state index in [4.69, 9.17) is 9.73 Å². The molecule has 0 radical (unpaired) electrons. The summed E-state index contributed by atoms with van der Waals surface area (Å²) < 4.78 is 7.53. The maximum absolute atomic E-state index is 5.52. The van der Waals surface area contributed by atoms with E-state index in [0.717, 1.165) is 57.7 Å². The predicted molar refractivity (Wildman–Crippen MR) is 108 cm³/mol. The predicted octanol–water partition coefficient (Wildman–Crippen LogP) is 1.49. The second kappa shape index (κ2) is 10.4.